The summed E-state index contributed by atoms with van der Waals surface area (Å²) in [5, 5.41) is 5.06. The molecular formula is C22H24Cl2N2O4. The van der Waals surface area contributed by atoms with E-state index in [9.17, 15) is 9.59 Å². The zero-order chi connectivity index (χ0) is 21.9. The number of halogens is 2. The highest BCUT2D eigenvalue weighted by Crippen LogP contribution is 2.18. The summed E-state index contributed by atoms with van der Waals surface area (Å²) in [5.41, 5.74) is 7.91. The lowest BCUT2D eigenvalue weighted by molar-refractivity contribution is -0.148. The van der Waals surface area contributed by atoms with E-state index in [0.717, 1.165) is 11.1 Å². The van der Waals surface area contributed by atoms with Gasteiger partial charge in [-0.05, 0) is 48.7 Å². The van der Waals surface area contributed by atoms with Gasteiger partial charge in [-0.3, -0.25) is 4.79 Å². The summed E-state index contributed by atoms with van der Waals surface area (Å²) < 4.78 is 4.78. The maximum atomic E-state index is 12.6. The summed E-state index contributed by atoms with van der Waals surface area (Å²) in [5.74, 6) is -0.797. The molecule has 0 unspecified atom stereocenters. The second-order valence-corrected chi connectivity index (χ2v) is 7.54. The van der Waals surface area contributed by atoms with Crippen LogP contribution in [0.25, 0.3) is 0 Å². The highest BCUT2D eigenvalue weighted by Gasteiger charge is 2.20. The predicted octanol–water partition coefficient (Wildman–Crippen LogP) is 4.21. The van der Waals surface area contributed by atoms with Gasteiger partial charge in [-0.15, -0.1) is 0 Å². The molecule has 0 fully saturated rings. The number of benzene rings is 2. The Labute approximate surface area is 185 Å². The zero-order valence-electron chi connectivity index (χ0n) is 16.6. The Morgan fingerprint density at radius 1 is 1.00 bits per heavy atom. The minimum atomic E-state index is -0.540. The van der Waals surface area contributed by atoms with Gasteiger partial charge in [-0.25, -0.2) is 4.79 Å². The van der Waals surface area contributed by atoms with Crippen LogP contribution in [0.1, 0.15) is 24.5 Å². The molecule has 6 nitrogen and oxygen atoms in total. The van der Waals surface area contributed by atoms with E-state index in [1.54, 1.807) is 31.2 Å². The summed E-state index contributed by atoms with van der Waals surface area (Å²) in [7, 11) is 0. The number of hydrogen-bond donors (Lipinski definition) is 1. The monoisotopic (exact) mass is 450 g/mol. The number of ketones is 1. The number of nitrogens with zero attached hydrogens (tertiary/aromatic N) is 1. The van der Waals surface area contributed by atoms with E-state index >= 15 is 0 Å². The maximum Gasteiger partial charge on any atom is 0.347 e. The highest BCUT2D eigenvalue weighted by atomic mass is 35.5. The normalized spacial score (nSPS) is 12.3. The standard InChI is InChI=1S/C22H24Cl2N2O4/c1-2-29-21(28)14-30-26-22(25)17(11-15-3-7-18(23)8-4-15)13-20(27)12-16-5-9-19(24)10-6-16/h3-10,17H,2,11-14H2,1H3,(H2,25,26)/t17-/m1/s1. The number of carbonyl (C=O) groups excluding carboxylic acids is 2. The second-order valence-electron chi connectivity index (χ2n) is 6.67. The zero-order valence-corrected chi connectivity index (χ0v) is 18.2. The molecule has 0 aliphatic carbocycles. The molecule has 0 heterocycles. The van der Waals surface area contributed by atoms with E-state index < -0.39 is 11.9 Å². The van der Waals surface area contributed by atoms with Crippen LogP contribution in [0, 0.1) is 5.92 Å². The first-order valence-electron chi connectivity index (χ1n) is 9.49. The van der Waals surface area contributed by atoms with E-state index in [0.29, 0.717) is 16.5 Å². The van der Waals surface area contributed by atoms with Crippen LogP contribution in [0.4, 0.5) is 0 Å². The first-order chi connectivity index (χ1) is 14.4. The van der Waals surface area contributed by atoms with E-state index in [4.69, 9.17) is 38.5 Å². The van der Waals surface area contributed by atoms with Crippen molar-refractivity contribution in [1.29, 1.82) is 0 Å². The van der Waals surface area contributed by atoms with Crippen molar-refractivity contribution in [3.8, 4) is 0 Å². The molecular weight excluding hydrogens is 427 g/mol. The smallest absolute Gasteiger partial charge is 0.347 e. The number of amidine groups is 1. The lowest BCUT2D eigenvalue weighted by Gasteiger charge is -2.16. The number of esters is 1. The largest absolute Gasteiger partial charge is 0.463 e. The van der Waals surface area contributed by atoms with Crippen LogP contribution in [-0.2, 0) is 32.0 Å². The predicted molar refractivity (Wildman–Crippen MR) is 118 cm³/mol. The molecule has 30 heavy (non-hydrogen) atoms. The van der Waals surface area contributed by atoms with Crippen molar-refractivity contribution in [2.45, 2.75) is 26.2 Å². The van der Waals surface area contributed by atoms with Crippen LogP contribution < -0.4 is 5.73 Å². The average molecular weight is 451 g/mol. The van der Waals surface area contributed by atoms with Gasteiger partial charge in [0.2, 0.25) is 6.61 Å². The van der Waals surface area contributed by atoms with Crippen molar-refractivity contribution >= 4 is 40.8 Å². The summed E-state index contributed by atoms with van der Waals surface area (Å²) in [4.78, 5) is 29.0. The Kier molecular flexibility index (Phi) is 9.64. The van der Waals surface area contributed by atoms with Crippen LogP contribution in [0.15, 0.2) is 53.7 Å². The Morgan fingerprint density at radius 3 is 2.13 bits per heavy atom. The summed E-state index contributed by atoms with van der Waals surface area (Å²) in [6.07, 6.45) is 0.899. The molecule has 0 amide bonds. The lowest BCUT2D eigenvalue weighted by Crippen LogP contribution is -2.29. The van der Waals surface area contributed by atoms with Crippen molar-refractivity contribution in [3.63, 3.8) is 0 Å². The summed E-state index contributed by atoms with van der Waals surface area (Å²) in [6, 6.07) is 14.4. The molecule has 0 radical (unpaired) electrons. The Hall–Kier alpha value is -2.57. The number of ether oxygens (including phenoxy) is 1. The topological polar surface area (TPSA) is 91.0 Å². The molecule has 0 saturated heterocycles. The molecule has 2 rings (SSSR count). The number of oxime groups is 1. The van der Waals surface area contributed by atoms with Gasteiger partial charge in [0.15, 0.2) is 0 Å². The van der Waals surface area contributed by atoms with Crippen LogP contribution >= 0.6 is 23.2 Å². The second kappa shape index (κ2) is 12.2. The average Bonchev–Trinajstić information content (AvgIpc) is 2.71. The van der Waals surface area contributed by atoms with Crippen LogP contribution in [0.5, 0.6) is 0 Å². The molecule has 8 heteroatoms. The minimum Gasteiger partial charge on any atom is -0.463 e. The van der Waals surface area contributed by atoms with Gasteiger partial charge >= 0.3 is 5.97 Å². The first kappa shape index (κ1) is 23.7. The quantitative estimate of drug-likeness (QED) is 0.239. The number of carbonyl (C=O) groups is 2. The molecule has 160 valence electrons. The Balaban J connectivity index is 2.06. The van der Waals surface area contributed by atoms with E-state index in [2.05, 4.69) is 5.16 Å². The number of hydrogen-bond acceptors (Lipinski definition) is 5. The maximum absolute atomic E-state index is 12.6. The lowest BCUT2D eigenvalue weighted by atomic mass is 9.91. The number of nitrogens with two attached hydrogens (primary N) is 1. The summed E-state index contributed by atoms with van der Waals surface area (Å²) >= 11 is 11.8. The van der Waals surface area contributed by atoms with Crippen molar-refractivity contribution in [1.82, 2.24) is 0 Å². The Morgan fingerprint density at radius 2 is 1.57 bits per heavy atom. The van der Waals surface area contributed by atoms with Crippen molar-refractivity contribution in [3.05, 3.63) is 69.7 Å². The van der Waals surface area contributed by atoms with Gasteiger partial charge in [0.25, 0.3) is 0 Å². The van der Waals surface area contributed by atoms with Gasteiger partial charge in [-0.2, -0.15) is 0 Å². The van der Waals surface area contributed by atoms with Gasteiger partial charge in [0.1, 0.15) is 11.6 Å². The van der Waals surface area contributed by atoms with E-state index in [-0.39, 0.29) is 37.7 Å². The summed E-state index contributed by atoms with van der Waals surface area (Å²) in [6.45, 7) is 1.60. The third-order valence-electron chi connectivity index (χ3n) is 4.26. The SMILES string of the molecule is CCOC(=O)CO/N=C(\N)[C@@H](CC(=O)Cc1ccc(Cl)cc1)Cc1ccc(Cl)cc1. The molecule has 0 saturated carbocycles. The number of rotatable bonds is 11. The molecule has 0 aromatic heterocycles. The van der Waals surface area contributed by atoms with Crippen LogP contribution in [-0.4, -0.2) is 30.8 Å². The molecule has 0 aliphatic heterocycles. The molecule has 1 atom stereocenters. The fraction of sp³-hybridized carbons (Fsp3) is 0.318. The number of Topliss-reactive ketones (excluding diaryl/α,β-unsaturated/α-hetero) is 1. The van der Waals surface area contributed by atoms with Gasteiger partial charge < -0.3 is 15.3 Å². The third-order valence-corrected chi connectivity index (χ3v) is 4.76. The molecule has 0 aliphatic rings. The van der Waals surface area contributed by atoms with Gasteiger partial charge in [0, 0.05) is 28.8 Å². The van der Waals surface area contributed by atoms with Crippen molar-refractivity contribution in [2.75, 3.05) is 13.2 Å². The fourth-order valence-corrected chi connectivity index (χ4v) is 3.05. The Bertz CT molecular complexity index is 868. The van der Waals surface area contributed by atoms with Gasteiger partial charge in [-0.1, -0.05) is 52.6 Å². The third kappa shape index (κ3) is 8.43. The molecule has 2 N–H and O–H groups in total. The molecule has 2 aromatic carbocycles. The molecule has 0 bridgehead atoms. The molecule has 2 aromatic rings. The minimum absolute atomic E-state index is 0.000159. The van der Waals surface area contributed by atoms with Crippen molar-refractivity contribution < 1.29 is 19.2 Å². The first-order valence-corrected chi connectivity index (χ1v) is 10.2. The van der Waals surface area contributed by atoms with Crippen LogP contribution in [0.2, 0.25) is 10.0 Å². The van der Waals surface area contributed by atoms with Crippen molar-refractivity contribution in [2.24, 2.45) is 16.8 Å². The highest BCUT2D eigenvalue weighted by molar-refractivity contribution is 6.30. The van der Waals surface area contributed by atoms with Crippen LogP contribution in [0.3, 0.4) is 0 Å². The fourth-order valence-electron chi connectivity index (χ4n) is 2.80. The van der Waals surface area contributed by atoms with Gasteiger partial charge in [0.05, 0.1) is 6.61 Å². The van der Waals surface area contributed by atoms with E-state index in [1.807, 2.05) is 24.3 Å². The molecule has 0 spiro atoms. The van der Waals surface area contributed by atoms with E-state index in [1.165, 1.54) is 0 Å².